The second-order valence-corrected chi connectivity index (χ2v) is 2.14. The van der Waals surface area contributed by atoms with Crippen LogP contribution in [0.5, 0.6) is 0 Å². The van der Waals surface area contributed by atoms with Crippen LogP contribution < -0.4 is 0 Å². The summed E-state index contributed by atoms with van der Waals surface area (Å²) in [4.78, 5) is 16.1. The monoisotopic (exact) mass is 140 g/mol. The van der Waals surface area contributed by atoms with E-state index in [9.17, 15) is 4.79 Å². The van der Waals surface area contributed by atoms with Gasteiger partial charge in [0.2, 0.25) is 0 Å². The van der Waals surface area contributed by atoms with E-state index in [-0.39, 0.29) is 5.78 Å². The Balaban J connectivity index is 0.000000180. The van der Waals surface area contributed by atoms with Crippen LogP contribution in [0.25, 0.3) is 0 Å². The summed E-state index contributed by atoms with van der Waals surface area (Å²) in [6, 6.07) is 0. The topological polar surface area (TPSA) is 45.8 Å². The Kier molecular flexibility index (Phi) is 4.20. The van der Waals surface area contributed by atoms with E-state index in [4.69, 9.17) is 0 Å². The molecule has 1 aromatic rings. The van der Waals surface area contributed by atoms with E-state index in [1.54, 1.807) is 12.5 Å². The molecule has 1 rings (SSSR count). The number of aryl methyl sites for hydroxylation is 1. The highest BCUT2D eigenvalue weighted by molar-refractivity contribution is 5.72. The third kappa shape index (κ3) is 6.88. The normalized spacial score (nSPS) is 7.90. The van der Waals surface area contributed by atoms with Gasteiger partial charge in [-0.25, -0.2) is 4.98 Å². The van der Waals surface area contributed by atoms with Crippen molar-refractivity contribution in [1.29, 1.82) is 0 Å². The molecule has 0 unspecified atom stereocenters. The first-order valence-electron chi connectivity index (χ1n) is 3.05. The van der Waals surface area contributed by atoms with E-state index in [0.29, 0.717) is 0 Å². The van der Waals surface area contributed by atoms with Crippen LogP contribution in [0.4, 0.5) is 0 Å². The maximum Gasteiger partial charge on any atom is 0.126 e. The van der Waals surface area contributed by atoms with Gasteiger partial charge in [0.25, 0.3) is 0 Å². The van der Waals surface area contributed by atoms with Gasteiger partial charge in [0.1, 0.15) is 5.78 Å². The van der Waals surface area contributed by atoms with E-state index in [1.807, 2.05) is 6.92 Å². The van der Waals surface area contributed by atoms with Gasteiger partial charge in [0.15, 0.2) is 0 Å². The lowest BCUT2D eigenvalue weighted by Gasteiger charge is -1.67. The molecule has 10 heavy (non-hydrogen) atoms. The molecular formula is C7H12N2O. The van der Waals surface area contributed by atoms with Crippen molar-refractivity contribution in [3.8, 4) is 0 Å². The smallest absolute Gasteiger partial charge is 0.126 e. The number of carbonyl (C=O) groups is 1. The average Bonchev–Trinajstić information content (AvgIpc) is 2.15. The molecule has 0 saturated heterocycles. The standard InChI is InChI=1S/C4H6N2.C3H6O/c1-4-2-5-3-6-4;1-3(2)4/h2-3H,1H3,(H,5,6);1-2H3. The van der Waals surface area contributed by atoms with Gasteiger partial charge in [0, 0.05) is 11.9 Å². The van der Waals surface area contributed by atoms with Crippen LogP contribution in [0.3, 0.4) is 0 Å². The number of Topliss-reactive ketones (excluding diaryl/α,β-unsaturated/α-hetero) is 1. The summed E-state index contributed by atoms with van der Waals surface area (Å²) < 4.78 is 0. The lowest BCUT2D eigenvalue weighted by Crippen LogP contribution is -1.69. The van der Waals surface area contributed by atoms with Crippen molar-refractivity contribution >= 4 is 5.78 Å². The number of nitrogens with zero attached hydrogens (tertiary/aromatic N) is 1. The van der Waals surface area contributed by atoms with Crippen molar-refractivity contribution in [2.45, 2.75) is 20.8 Å². The van der Waals surface area contributed by atoms with Crippen LogP contribution in [0.1, 0.15) is 19.5 Å². The fourth-order valence-electron chi connectivity index (χ4n) is 0.325. The minimum atomic E-state index is 0.167. The number of aromatic amines is 1. The molecule has 3 nitrogen and oxygen atoms in total. The van der Waals surface area contributed by atoms with Crippen LogP contribution in [-0.2, 0) is 4.79 Å². The van der Waals surface area contributed by atoms with Gasteiger partial charge in [-0.3, -0.25) is 0 Å². The van der Waals surface area contributed by atoms with Gasteiger partial charge in [0.05, 0.1) is 6.33 Å². The number of imidazole rings is 1. The van der Waals surface area contributed by atoms with E-state index in [2.05, 4.69) is 9.97 Å². The van der Waals surface area contributed by atoms with Crippen molar-refractivity contribution < 1.29 is 4.79 Å². The van der Waals surface area contributed by atoms with Gasteiger partial charge in [-0.2, -0.15) is 0 Å². The average molecular weight is 140 g/mol. The summed E-state index contributed by atoms with van der Waals surface area (Å²) in [5.41, 5.74) is 1.11. The molecule has 0 spiro atoms. The van der Waals surface area contributed by atoms with Gasteiger partial charge in [-0.05, 0) is 20.8 Å². The van der Waals surface area contributed by atoms with E-state index < -0.39 is 0 Å². The van der Waals surface area contributed by atoms with Crippen LogP contribution in [0, 0.1) is 6.92 Å². The minimum absolute atomic E-state index is 0.167. The van der Waals surface area contributed by atoms with Gasteiger partial charge >= 0.3 is 0 Å². The molecule has 0 fully saturated rings. The molecule has 0 saturated carbocycles. The highest BCUT2D eigenvalue weighted by Gasteiger charge is 1.73. The predicted molar refractivity (Wildman–Crippen MR) is 39.7 cm³/mol. The van der Waals surface area contributed by atoms with E-state index in [0.717, 1.165) is 5.69 Å². The Morgan fingerprint density at radius 3 is 2.20 bits per heavy atom. The molecule has 0 amide bonds. The van der Waals surface area contributed by atoms with Crippen molar-refractivity contribution in [2.24, 2.45) is 0 Å². The van der Waals surface area contributed by atoms with Crippen molar-refractivity contribution in [3.05, 3.63) is 18.2 Å². The lowest BCUT2D eigenvalue weighted by atomic mass is 10.6. The molecule has 1 heterocycles. The van der Waals surface area contributed by atoms with E-state index in [1.165, 1.54) is 13.8 Å². The van der Waals surface area contributed by atoms with Crippen molar-refractivity contribution in [3.63, 3.8) is 0 Å². The zero-order valence-corrected chi connectivity index (χ0v) is 6.51. The maximum atomic E-state index is 9.44. The first-order chi connectivity index (χ1) is 4.63. The third-order valence-corrected chi connectivity index (χ3v) is 0.635. The first kappa shape index (κ1) is 8.88. The Morgan fingerprint density at radius 2 is 2.10 bits per heavy atom. The Hall–Kier alpha value is -1.12. The second kappa shape index (κ2) is 4.73. The Labute approximate surface area is 60.5 Å². The molecular weight excluding hydrogens is 128 g/mol. The molecule has 56 valence electrons. The molecule has 0 atom stereocenters. The minimum Gasteiger partial charge on any atom is -0.349 e. The number of aromatic nitrogens is 2. The SMILES string of the molecule is CC(C)=O.Cc1cnc[nH]1. The molecule has 0 aromatic carbocycles. The summed E-state index contributed by atoms with van der Waals surface area (Å²) in [5, 5.41) is 0. The van der Waals surface area contributed by atoms with Gasteiger partial charge < -0.3 is 9.78 Å². The maximum absolute atomic E-state index is 9.44. The Bertz CT molecular complexity index is 175. The highest BCUT2D eigenvalue weighted by Crippen LogP contribution is 1.81. The second-order valence-electron chi connectivity index (χ2n) is 2.14. The molecule has 0 aliphatic rings. The number of ketones is 1. The fraction of sp³-hybridized carbons (Fsp3) is 0.429. The predicted octanol–water partition coefficient (Wildman–Crippen LogP) is 1.31. The van der Waals surface area contributed by atoms with Gasteiger partial charge in [-0.15, -0.1) is 0 Å². The largest absolute Gasteiger partial charge is 0.349 e. The van der Waals surface area contributed by atoms with Crippen molar-refractivity contribution in [2.75, 3.05) is 0 Å². The zero-order chi connectivity index (χ0) is 7.98. The number of rotatable bonds is 0. The van der Waals surface area contributed by atoms with Crippen LogP contribution in [0.15, 0.2) is 12.5 Å². The van der Waals surface area contributed by atoms with Crippen molar-refractivity contribution in [1.82, 2.24) is 9.97 Å². The molecule has 0 aliphatic heterocycles. The van der Waals surface area contributed by atoms with Crippen LogP contribution in [-0.4, -0.2) is 15.8 Å². The molecule has 0 aliphatic carbocycles. The summed E-state index contributed by atoms with van der Waals surface area (Å²) >= 11 is 0. The van der Waals surface area contributed by atoms with E-state index >= 15 is 0 Å². The number of carbonyl (C=O) groups excluding carboxylic acids is 1. The molecule has 1 N–H and O–H groups in total. The third-order valence-electron chi connectivity index (χ3n) is 0.635. The molecule has 1 aromatic heterocycles. The number of hydrogen-bond acceptors (Lipinski definition) is 2. The van der Waals surface area contributed by atoms with Crippen LogP contribution in [0.2, 0.25) is 0 Å². The molecule has 0 radical (unpaired) electrons. The zero-order valence-electron chi connectivity index (χ0n) is 6.51. The summed E-state index contributed by atoms with van der Waals surface area (Å²) in [7, 11) is 0. The molecule has 3 heteroatoms. The number of nitrogens with one attached hydrogen (secondary N) is 1. The first-order valence-corrected chi connectivity index (χ1v) is 3.05. The Morgan fingerprint density at radius 1 is 1.60 bits per heavy atom. The number of hydrogen-bond donors (Lipinski definition) is 1. The van der Waals surface area contributed by atoms with Gasteiger partial charge in [-0.1, -0.05) is 0 Å². The van der Waals surface area contributed by atoms with Crippen LogP contribution >= 0.6 is 0 Å². The summed E-state index contributed by atoms with van der Waals surface area (Å²) in [6.07, 6.45) is 3.44. The summed E-state index contributed by atoms with van der Waals surface area (Å²) in [6.45, 7) is 5.02. The summed E-state index contributed by atoms with van der Waals surface area (Å²) in [5.74, 6) is 0.167. The highest BCUT2D eigenvalue weighted by atomic mass is 16.1. The quantitative estimate of drug-likeness (QED) is 0.590. The lowest BCUT2D eigenvalue weighted by molar-refractivity contribution is -0.114. The molecule has 0 bridgehead atoms. The fourth-order valence-corrected chi connectivity index (χ4v) is 0.325. The number of H-pyrrole nitrogens is 1.